The zero-order valence-electron chi connectivity index (χ0n) is 7.98. The van der Waals surface area contributed by atoms with Crippen molar-refractivity contribution in [3.63, 3.8) is 0 Å². The summed E-state index contributed by atoms with van der Waals surface area (Å²) in [4.78, 5) is 14.4. The van der Waals surface area contributed by atoms with Crippen LogP contribution in [0.5, 0.6) is 0 Å². The van der Waals surface area contributed by atoms with E-state index < -0.39 is 17.7 Å². The zero-order chi connectivity index (χ0) is 10.8. The van der Waals surface area contributed by atoms with E-state index in [2.05, 4.69) is 4.98 Å². The van der Waals surface area contributed by atoms with Gasteiger partial charge in [0.1, 0.15) is 5.82 Å². The monoisotopic (exact) mass is 207 g/mol. The number of carboxylic acid groups (broad SMARTS) is 1. The number of aromatic nitrogens is 1. The van der Waals surface area contributed by atoms with Crippen molar-refractivity contribution >= 4 is 11.5 Å². The standard InChI is InChI=1S/C11H10FNO2/c12-10-4-9(5-13-6-10)7-1-2-8(3-7)11(14)15/h3-6,8H,1-2H2,(H,14,15). The summed E-state index contributed by atoms with van der Waals surface area (Å²) >= 11 is 0. The number of hydrogen-bond acceptors (Lipinski definition) is 2. The summed E-state index contributed by atoms with van der Waals surface area (Å²) in [5.74, 6) is -1.66. The smallest absolute Gasteiger partial charge is 0.310 e. The minimum atomic E-state index is -0.825. The van der Waals surface area contributed by atoms with Gasteiger partial charge in [0.05, 0.1) is 12.1 Å². The molecule has 1 atom stereocenters. The summed E-state index contributed by atoms with van der Waals surface area (Å²) in [6, 6.07) is 1.38. The van der Waals surface area contributed by atoms with Gasteiger partial charge in [-0.05, 0) is 30.0 Å². The highest BCUT2D eigenvalue weighted by Gasteiger charge is 2.22. The van der Waals surface area contributed by atoms with Crippen molar-refractivity contribution in [2.75, 3.05) is 0 Å². The second-order valence-electron chi connectivity index (χ2n) is 3.57. The van der Waals surface area contributed by atoms with Gasteiger partial charge in [0, 0.05) is 6.20 Å². The van der Waals surface area contributed by atoms with Crippen molar-refractivity contribution in [1.29, 1.82) is 0 Å². The molecule has 1 aliphatic rings. The molecule has 0 saturated carbocycles. The molecular weight excluding hydrogens is 197 g/mol. The fourth-order valence-electron chi connectivity index (χ4n) is 1.74. The van der Waals surface area contributed by atoms with Gasteiger partial charge in [0.2, 0.25) is 0 Å². The second-order valence-corrected chi connectivity index (χ2v) is 3.57. The molecule has 3 nitrogen and oxygen atoms in total. The molecule has 1 N–H and O–H groups in total. The van der Waals surface area contributed by atoms with Crippen molar-refractivity contribution in [2.24, 2.45) is 5.92 Å². The largest absolute Gasteiger partial charge is 0.481 e. The molecule has 0 amide bonds. The minimum Gasteiger partial charge on any atom is -0.481 e. The quantitative estimate of drug-likeness (QED) is 0.807. The molecule has 1 aliphatic carbocycles. The number of halogens is 1. The summed E-state index contributed by atoms with van der Waals surface area (Å²) in [5, 5.41) is 8.80. The highest BCUT2D eigenvalue weighted by molar-refractivity contribution is 5.79. The van der Waals surface area contributed by atoms with Crippen LogP contribution in [-0.4, -0.2) is 16.1 Å². The average molecular weight is 207 g/mol. The summed E-state index contributed by atoms with van der Waals surface area (Å²) in [6.45, 7) is 0. The van der Waals surface area contributed by atoms with Gasteiger partial charge in [0.15, 0.2) is 0 Å². The fourth-order valence-corrected chi connectivity index (χ4v) is 1.74. The van der Waals surface area contributed by atoms with Gasteiger partial charge in [-0.2, -0.15) is 0 Å². The van der Waals surface area contributed by atoms with Crippen LogP contribution >= 0.6 is 0 Å². The van der Waals surface area contributed by atoms with Gasteiger partial charge in [-0.25, -0.2) is 4.39 Å². The van der Waals surface area contributed by atoms with Gasteiger partial charge in [-0.3, -0.25) is 9.78 Å². The molecular formula is C11H10FNO2. The second kappa shape index (κ2) is 3.81. The highest BCUT2D eigenvalue weighted by Crippen LogP contribution is 2.31. The van der Waals surface area contributed by atoms with E-state index in [1.165, 1.54) is 6.07 Å². The number of carbonyl (C=O) groups is 1. The van der Waals surface area contributed by atoms with Crippen molar-refractivity contribution in [3.8, 4) is 0 Å². The van der Waals surface area contributed by atoms with E-state index in [0.29, 0.717) is 18.4 Å². The van der Waals surface area contributed by atoms with E-state index in [1.807, 2.05) is 0 Å². The molecule has 0 spiro atoms. The first-order valence-electron chi connectivity index (χ1n) is 4.71. The predicted octanol–water partition coefficient (Wildman–Crippen LogP) is 2.10. The van der Waals surface area contributed by atoms with E-state index in [1.54, 1.807) is 12.3 Å². The van der Waals surface area contributed by atoms with Gasteiger partial charge in [-0.15, -0.1) is 0 Å². The lowest BCUT2D eigenvalue weighted by molar-refractivity contribution is -0.140. The molecule has 1 aromatic rings. The maximum atomic E-state index is 12.9. The van der Waals surface area contributed by atoms with Crippen LogP contribution in [0, 0.1) is 11.7 Å². The number of rotatable bonds is 2. The molecule has 0 fully saturated rings. The van der Waals surface area contributed by atoms with E-state index >= 15 is 0 Å². The van der Waals surface area contributed by atoms with Crippen LogP contribution in [0.15, 0.2) is 24.5 Å². The molecule has 1 aromatic heterocycles. The summed E-state index contributed by atoms with van der Waals surface area (Å²) in [7, 11) is 0. The van der Waals surface area contributed by atoms with Crippen molar-refractivity contribution < 1.29 is 14.3 Å². The lowest BCUT2D eigenvalue weighted by atomic mass is 10.1. The number of aliphatic carboxylic acids is 1. The van der Waals surface area contributed by atoms with Crippen LogP contribution in [0.4, 0.5) is 4.39 Å². The number of carboxylic acids is 1. The van der Waals surface area contributed by atoms with Gasteiger partial charge < -0.3 is 5.11 Å². The van der Waals surface area contributed by atoms with E-state index in [-0.39, 0.29) is 0 Å². The van der Waals surface area contributed by atoms with E-state index in [9.17, 15) is 9.18 Å². The van der Waals surface area contributed by atoms with E-state index in [0.717, 1.165) is 11.8 Å². The normalized spacial score (nSPS) is 20.1. The average Bonchev–Trinajstić information content (AvgIpc) is 2.66. The van der Waals surface area contributed by atoms with Gasteiger partial charge in [0.25, 0.3) is 0 Å². The Morgan fingerprint density at radius 2 is 2.33 bits per heavy atom. The Labute approximate surface area is 86.3 Å². The number of allylic oxidation sites excluding steroid dienone is 1. The van der Waals surface area contributed by atoms with Crippen LogP contribution in [-0.2, 0) is 4.79 Å². The van der Waals surface area contributed by atoms with Gasteiger partial charge >= 0.3 is 5.97 Å². The first-order chi connectivity index (χ1) is 7.16. The van der Waals surface area contributed by atoms with Crippen LogP contribution in [0.3, 0.4) is 0 Å². The van der Waals surface area contributed by atoms with Crippen LogP contribution in [0.25, 0.3) is 5.57 Å². The Morgan fingerprint density at radius 1 is 1.53 bits per heavy atom. The van der Waals surface area contributed by atoms with Gasteiger partial charge in [-0.1, -0.05) is 6.08 Å². The molecule has 0 aromatic carbocycles. The molecule has 0 saturated heterocycles. The van der Waals surface area contributed by atoms with Crippen LogP contribution in [0.2, 0.25) is 0 Å². The first kappa shape index (κ1) is 9.83. The molecule has 78 valence electrons. The lowest BCUT2D eigenvalue weighted by Gasteiger charge is -1.99. The molecule has 0 aliphatic heterocycles. The molecule has 4 heteroatoms. The Hall–Kier alpha value is -1.71. The molecule has 0 radical (unpaired) electrons. The number of hydrogen-bond donors (Lipinski definition) is 1. The Balaban J connectivity index is 2.26. The first-order valence-corrected chi connectivity index (χ1v) is 4.71. The topological polar surface area (TPSA) is 50.2 Å². The van der Waals surface area contributed by atoms with Crippen molar-refractivity contribution in [1.82, 2.24) is 4.98 Å². The third kappa shape index (κ3) is 2.03. The maximum Gasteiger partial charge on any atom is 0.310 e. The maximum absolute atomic E-state index is 12.9. The van der Waals surface area contributed by atoms with Crippen molar-refractivity contribution in [2.45, 2.75) is 12.8 Å². The number of pyridine rings is 1. The third-order valence-corrected chi connectivity index (χ3v) is 2.52. The summed E-state index contributed by atoms with van der Waals surface area (Å²) in [6.07, 6.45) is 5.62. The van der Waals surface area contributed by atoms with Crippen molar-refractivity contribution in [3.05, 3.63) is 35.9 Å². The lowest BCUT2D eigenvalue weighted by Crippen LogP contribution is -2.06. The predicted molar refractivity (Wildman–Crippen MR) is 52.5 cm³/mol. The van der Waals surface area contributed by atoms with Crippen LogP contribution in [0.1, 0.15) is 18.4 Å². The zero-order valence-corrected chi connectivity index (χ0v) is 7.98. The molecule has 1 unspecified atom stereocenters. The van der Waals surface area contributed by atoms with Crippen LogP contribution < -0.4 is 0 Å². The molecule has 1 heterocycles. The highest BCUT2D eigenvalue weighted by atomic mass is 19.1. The van der Waals surface area contributed by atoms with E-state index in [4.69, 9.17) is 5.11 Å². The summed E-state index contributed by atoms with van der Waals surface area (Å²) in [5.41, 5.74) is 1.55. The Kier molecular flexibility index (Phi) is 2.49. The Bertz CT molecular complexity index is 428. The fraction of sp³-hybridized carbons (Fsp3) is 0.273. The Morgan fingerprint density at radius 3 is 2.93 bits per heavy atom. The molecule has 0 bridgehead atoms. The third-order valence-electron chi connectivity index (χ3n) is 2.52. The molecule has 2 rings (SSSR count). The number of nitrogens with zero attached hydrogens (tertiary/aromatic N) is 1. The SMILES string of the molecule is O=C(O)C1C=C(c2cncc(F)c2)CC1. The molecule has 15 heavy (non-hydrogen) atoms. The summed E-state index contributed by atoms with van der Waals surface area (Å²) < 4.78 is 12.9. The minimum absolute atomic E-state index is 0.396.